The number of aryl methyl sites for hydroxylation is 1. The van der Waals surface area contributed by atoms with Crippen molar-refractivity contribution >= 4 is 23.2 Å². The Bertz CT molecular complexity index is 762. The summed E-state index contributed by atoms with van der Waals surface area (Å²) < 4.78 is 2.26. The Hall–Kier alpha value is -2.05. The highest BCUT2D eigenvalue weighted by Gasteiger charge is 2.30. The normalized spacial score (nSPS) is 16.5. The number of benzene rings is 1. The van der Waals surface area contributed by atoms with Gasteiger partial charge in [-0.2, -0.15) is 5.10 Å². The summed E-state index contributed by atoms with van der Waals surface area (Å²) in [5, 5.41) is 7.59. The predicted molar refractivity (Wildman–Crippen MR) is 98.4 cm³/mol. The van der Waals surface area contributed by atoms with Crippen molar-refractivity contribution in [3.05, 3.63) is 29.4 Å². The second-order valence-electron chi connectivity index (χ2n) is 6.75. The first kappa shape index (κ1) is 17.8. The number of rotatable bonds is 4. The Balaban J connectivity index is 2.03. The zero-order valence-electron chi connectivity index (χ0n) is 14.9. The number of halogens is 1. The van der Waals surface area contributed by atoms with E-state index in [1.807, 2.05) is 25.2 Å². The molecule has 0 unspecified atom stereocenters. The van der Waals surface area contributed by atoms with Crippen LogP contribution in [0.2, 0.25) is 5.02 Å². The standard InChI is InChI=1S/C18H23ClN4O2/c1-13(24)21-14-7-8-17(25-23(3)9-5-4-6-10-23)15(11-14)18-16(19)12-20-22(18)2/h7-8,11-12H,4-6,9-10H2,1-3H3/p+1. The molecule has 1 saturated heterocycles. The van der Waals surface area contributed by atoms with E-state index >= 15 is 0 Å². The quantitative estimate of drug-likeness (QED) is 0.844. The molecular weight excluding hydrogens is 340 g/mol. The van der Waals surface area contributed by atoms with Crippen molar-refractivity contribution < 1.29 is 14.3 Å². The van der Waals surface area contributed by atoms with Crippen LogP contribution in [0.25, 0.3) is 11.3 Å². The molecule has 2 heterocycles. The highest BCUT2D eigenvalue weighted by atomic mass is 35.5. The van der Waals surface area contributed by atoms with Crippen molar-refractivity contribution in [1.29, 1.82) is 0 Å². The first-order valence-corrected chi connectivity index (χ1v) is 8.89. The van der Waals surface area contributed by atoms with Gasteiger partial charge in [0.2, 0.25) is 5.91 Å². The van der Waals surface area contributed by atoms with Gasteiger partial charge in [-0.15, -0.1) is 4.65 Å². The van der Waals surface area contributed by atoms with Crippen molar-refractivity contribution in [3.63, 3.8) is 0 Å². The molecule has 6 nitrogen and oxygen atoms in total. The van der Waals surface area contributed by atoms with Crippen LogP contribution in [0.1, 0.15) is 26.2 Å². The minimum absolute atomic E-state index is 0.120. The van der Waals surface area contributed by atoms with Crippen LogP contribution in [0.15, 0.2) is 24.4 Å². The summed E-state index contributed by atoms with van der Waals surface area (Å²) in [6.45, 7) is 3.44. The van der Waals surface area contributed by atoms with E-state index in [-0.39, 0.29) is 5.91 Å². The van der Waals surface area contributed by atoms with E-state index in [1.54, 1.807) is 10.9 Å². The number of nitrogens with zero attached hydrogens (tertiary/aromatic N) is 3. The average Bonchev–Trinajstić information content (AvgIpc) is 2.88. The monoisotopic (exact) mass is 363 g/mol. The molecular formula is C18H24ClN4O2+. The van der Waals surface area contributed by atoms with Crippen LogP contribution in [0.5, 0.6) is 5.75 Å². The molecule has 3 rings (SSSR count). The van der Waals surface area contributed by atoms with Gasteiger partial charge in [-0.05, 0) is 24.6 Å². The van der Waals surface area contributed by atoms with Crippen LogP contribution in [0, 0.1) is 0 Å². The number of aromatic nitrogens is 2. The van der Waals surface area contributed by atoms with Crippen LogP contribution >= 0.6 is 11.6 Å². The minimum Gasteiger partial charge on any atom is -0.326 e. The molecule has 2 aromatic rings. The maximum atomic E-state index is 11.4. The summed E-state index contributed by atoms with van der Waals surface area (Å²) in [7, 11) is 3.95. The maximum absolute atomic E-state index is 11.4. The van der Waals surface area contributed by atoms with Crippen LogP contribution in [-0.4, -0.2) is 40.5 Å². The number of carbonyl (C=O) groups excluding carboxylic acids is 1. The lowest BCUT2D eigenvalue weighted by Crippen LogP contribution is -2.50. The number of hydrogen-bond acceptors (Lipinski definition) is 3. The number of hydroxylamine groups is 3. The molecule has 1 aliphatic rings. The third-order valence-electron chi connectivity index (χ3n) is 4.53. The molecule has 1 aromatic carbocycles. The number of piperidine rings is 1. The van der Waals surface area contributed by atoms with Gasteiger partial charge in [0.1, 0.15) is 20.1 Å². The summed E-state index contributed by atoms with van der Waals surface area (Å²) >= 11 is 6.36. The van der Waals surface area contributed by atoms with Crippen molar-refractivity contribution in [2.45, 2.75) is 26.2 Å². The summed E-state index contributed by atoms with van der Waals surface area (Å²) in [6.07, 6.45) is 5.17. The summed E-state index contributed by atoms with van der Waals surface area (Å²) in [5.41, 5.74) is 2.29. The second kappa shape index (κ2) is 7.06. The first-order valence-electron chi connectivity index (χ1n) is 8.52. The van der Waals surface area contributed by atoms with E-state index in [0.717, 1.165) is 42.9 Å². The van der Waals surface area contributed by atoms with Gasteiger partial charge >= 0.3 is 0 Å². The predicted octanol–water partition coefficient (Wildman–Crippen LogP) is 3.62. The minimum atomic E-state index is -0.120. The van der Waals surface area contributed by atoms with Crippen LogP contribution < -0.4 is 10.2 Å². The fourth-order valence-corrected chi connectivity index (χ4v) is 3.57. The number of carbonyl (C=O) groups is 1. The van der Waals surface area contributed by atoms with Gasteiger partial charge in [-0.1, -0.05) is 11.6 Å². The van der Waals surface area contributed by atoms with E-state index < -0.39 is 0 Å². The van der Waals surface area contributed by atoms with Crippen molar-refractivity contribution in [2.75, 3.05) is 25.5 Å². The molecule has 1 N–H and O–H groups in total. The lowest BCUT2D eigenvalue weighted by atomic mass is 10.1. The topological polar surface area (TPSA) is 56.1 Å². The van der Waals surface area contributed by atoms with Crippen molar-refractivity contribution in [1.82, 2.24) is 9.78 Å². The Kier molecular flexibility index (Phi) is 5.01. The van der Waals surface area contributed by atoms with Gasteiger partial charge in [0.15, 0.2) is 5.75 Å². The van der Waals surface area contributed by atoms with Gasteiger partial charge in [-0.3, -0.25) is 9.48 Å². The van der Waals surface area contributed by atoms with Gasteiger partial charge in [-0.25, -0.2) is 0 Å². The fraction of sp³-hybridized carbons (Fsp3) is 0.444. The van der Waals surface area contributed by atoms with E-state index in [2.05, 4.69) is 17.5 Å². The lowest BCUT2D eigenvalue weighted by molar-refractivity contribution is -1.07. The number of hydrogen-bond donors (Lipinski definition) is 1. The van der Waals surface area contributed by atoms with E-state index in [4.69, 9.17) is 16.4 Å². The number of nitrogens with one attached hydrogen (secondary N) is 1. The molecule has 134 valence electrons. The van der Waals surface area contributed by atoms with Crippen LogP contribution in [0.3, 0.4) is 0 Å². The number of anilines is 1. The highest BCUT2D eigenvalue weighted by molar-refractivity contribution is 6.33. The third kappa shape index (κ3) is 3.96. The van der Waals surface area contributed by atoms with Crippen molar-refractivity contribution in [2.24, 2.45) is 7.05 Å². The Morgan fingerprint density at radius 1 is 1.32 bits per heavy atom. The summed E-state index contributed by atoms with van der Waals surface area (Å²) in [6, 6.07) is 5.62. The number of quaternary nitrogens is 1. The molecule has 7 heteroatoms. The zero-order valence-corrected chi connectivity index (χ0v) is 15.6. The molecule has 0 bridgehead atoms. The second-order valence-corrected chi connectivity index (χ2v) is 7.16. The Labute approximate surface area is 152 Å². The highest BCUT2D eigenvalue weighted by Crippen LogP contribution is 2.38. The number of likely N-dealkylation sites (tertiary alicyclic amines) is 1. The summed E-state index contributed by atoms with van der Waals surface area (Å²) in [4.78, 5) is 17.8. The molecule has 1 fully saturated rings. The van der Waals surface area contributed by atoms with E-state index in [0.29, 0.717) is 15.4 Å². The van der Waals surface area contributed by atoms with E-state index in [1.165, 1.54) is 13.3 Å². The smallest absolute Gasteiger partial charge is 0.221 e. The largest absolute Gasteiger partial charge is 0.326 e. The molecule has 1 aliphatic heterocycles. The molecule has 0 radical (unpaired) electrons. The third-order valence-corrected chi connectivity index (χ3v) is 4.81. The van der Waals surface area contributed by atoms with Gasteiger partial charge < -0.3 is 10.2 Å². The molecule has 1 aromatic heterocycles. The summed E-state index contributed by atoms with van der Waals surface area (Å²) in [5.74, 6) is 0.620. The van der Waals surface area contributed by atoms with Crippen molar-refractivity contribution in [3.8, 4) is 17.0 Å². The first-order chi connectivity index (χ1) is 11.9. The average molecular weight is 364 g/mol. The lowest BCUT2D eigenvalue weighted by Gasteiger charge is -2.35. The maximum Gasteiger partial charge on any atom is 0.221 e. The fourth-order valence-electron chi connectivity index (χ4n) is 3.30. The van der Waals surface area contributed by atoms with Gasteiger partial charge in [0.05, 0.1) is 22.5 Å². The molecule has 0 aliphatic carbocycles. The van der Waals surface area contributed by atoms with Crippen LogP contribution in [0.4, 0.5) is 5.69 Å². The van der Waals surface area contributed by atoms with Gasteiger partial charge in [0, 0.05) is 32.5 Å². The molecule has 0 atom stereocenters. The SMILES string of the molecule is CC(=O)Nc1ccc(O[N+]2(C)CCCCC2)c(-c2c(Cl)cnn2C)c1. The molecule has 0 saturated carbocycles. The zero-order chi connectivity index (χ0) is 18.0. The molecule has 25 heavy (non-hydrogen) atoms. The van der Waals surface area contributed by atoms with Gasteiger partial charge in [0.25, 0.3) is 0 Å². The number of amides is 1. The molecule has 0 spiro atoms. The Morgan fingerprint density at radius 2 is 2.04 bits per heavy atom. The van der Waals surface area contributed by atoms with E-state index in [9.17, 15) is 4.79 Å². The van der Waals surface area contributed by atoms with Crippen LogP contribution in [-0.2, 0) is 11.8 Å². The Morgan fingerprint density at radius 3 is 2.64 bits per heavy atom. The molecule has 1 amide bonds.